The van der Waals surface area contributed by atoms with Gasteiger partial charge in [0.05, 0.1) is 0 Å². The van der Waals surface area contributed by atoms with E-state index in [9.17, 15) is 13.2 Å². The van der Waals surface area contributed by atoms with Gasteiger partial charge in [-0.15, -0.1) is 0 Å². The summed E-state index contributed by atoms with van der Waals surface area (Å²) in [6.45, 7) is 2.03. The second kappa shape index (κ2) is 7.38. The largest absolute Gasteiger partial charge is 0.207 e. The van der Waals surface area contributed by atoms with Gasteiger partial charge in [-0.25, -0.2) is 13.2 Å². The highest BCUT2D eigenvalue weighted by atomic mass is 19.2. The number of fused-ring (bicyclic) bond motifs is 1. The highest BCUT2D eigenvalue weighted by molar-refractivity contribution is 5.84. The Morgan fingerprint density at radius 2 is 1.52 bits per heavy atom. The molecule has 1 aliphatic carbocycles. The molecule has 140 valence electrons. The summed E-state index contributed by atoms with van der Waals surface area (Å²) in [5.41, 5.74) is 3.03. The number of aryl methyl sites for hydroxylation is 1. The van der Waals surface area contributed by atoms with Crippen molar-refractivity contribution < 1.29 is 13.2 Å². The van der Waals surface area contributed by atoms with Gasteiger partial charge in [0.1, 0.15) is 5.82 Å². The molecule has 0 N–H and O–H groups in total. The van der Waals surface area contributed by atoms with Crippen molar-refractivity contribution in [2.45, 2.75) is 50.9 Å². The van der Waals surface area contributed by atoms with Crippen LogP contribution in [0.3, 0.4) is 0 Å². The van der Waals surface area contributed by atoms with Crippen LogP contribution in [0.1, 0.15) is 61.1 Å². The van der Waals surface area contributed by atoms with E-state index in [-0.39, 0.29) is 11.7 Å². The number of halogens is 3. The fourth-order valence-corrected chi connectivity index (χ4v) is 4.40. The molecule has 4 rings (SSSR count). The molecule has 0 heterocycles. The van der Waals surface area contributed by atoms with Gasteiger partial charge in [-0.3, -0.25) is 0 Å². The van der Waals surface area contributed by atoms with Gasteiger partial charge >= 0.3 is 0 Å². The lowest BCUT2D eigenvalue weighted by Crippen LogP contribution is -2.13. The van der Waals surface area contributed by atoms with Gasteiger partial charge in [0, 0.05) is 5.39 Å². The molecule has 0 unspecified atom stereocenters. The van der Waals surface area contributed by atoms with Crippen LogP contribution in [0.15, 0.2) is 48.5 Å². The van der Waals surface area contributed by atoms with E-state index >= 15 is 0 Å². The zero-order valence-corrected chi connectivity index (χ0v) is 15.4. The molecule has 1 fully saturated rings. The third kappa shape index (κ3) is 3.47. The molecule has 0 aliphatic heterocycles. The van der Waals surface area contributed by atoms with E-state index in [1.165, 1.54) is 6.07 Å². The van der Waals surface area contributed by atoms with Crippen LogP contribution in [-0.2, 0) is 6.42 Å². The van der Waals surface area contributed by atoms with Gasteiger partial charge in [-0.2, -0.15) is 0 Å². The van der Waals surface area contributed by atoms with Crippen molar-refractivity contribution in [1.29, 1.82) is 0 Å². The lowest BCUT2D eigenvalue weighted by Gasteiger charge is -2.29. The molecule has 0 bridgehead atoms. The maximum atomic E-state index is 14.4. The van der Waals surface area contributed by atoms with Crippen LogP contribution in [0.2, 0.25) is 0 Å². The van der Waals surface area contributed by atoms with Crippen LogP contribution in [0.5, 0.6) is 0 Å². The van der Waals surface area contributed by atoms with Crippen molar-refractivity contribution in [3.8, 4) is 0 Å². The Bertz CT molecular complexity index is 969. The molecule has 27 heavy (non-hydrogen) atoms. The Labute approximate surface area is 158 Å². The Morgan fingerprint density at radius 1 is 0.778 bits per heavy atom. The second-order valence-electron chi connectivity index (χ2n) is 7.60. The molecule has 0 spiro atoms. The highest BCUT2D eigenvalue weighted by Crippen LogP contribution is 2.42. The summed E-state index contributed by atoms with van der Waals surface area (Å²) in [4.78, 5) is 0. The smallest absolute Gasteiger partial charge is 0.166 e. The molecule has 0 atom stereocenters. The van der Waals surface area contributed by atoms with Gasteiger partial charge in [0.2, 0.25) is 0 Å². The van der Waals surface area contributed by atoms with Crippen molar-refractivity contribution in [3.05, 3.63) is 82.7 Å². The predicted octanol–water partition coefficient (Wildman–Crippen LogP) is 7.26. The van der Waals surface area contributed by atoms with Crippen molar-refractivity contribution in [1.82, 2.24) is 0 Å². The van der Waals surface area contributed by atoms with Gasteiger partial charge in [-0.05, 0) is 78.1 Å². The number of hydrogen-bond donors (Lipinski definition) is 0. The van der Waals surface area contributed by atoms with E-state index in [0.717, 1.165) is 54.2 Å². The average molecular weight is 368 g/mol. The lowest BCUT2D eigenvalue weighted by atomic mass is 9.75. The summed E-state index contributed by atoms with van der Waals surface area (Å²) >= 11 is 0. The van der Waals surface area contributed by atoms with E-state index in [0.29, 0.717) is 11.3 Å². The summed E-state index contributed by atoms with van der Waals surface area (Å²) in [6.07, 6.45) is 4.70. The Morgan fingerprint density at radius 3 is 2.22 bits per heavy atom. The maximum Gasteiger partial charge on any atom is 0.166 e. The minimum Gasteiger partial charge on any atom is -0.207 e. The summed E-state index contributed by atoms with van der Waals surface area (Å²) < 4.78 is 41.7. The van der Waals surface area contributed by atoms with Gasteiger partial charge < -0.3 is 0 Å². The van der Waals surface area contributed by atoms with E-state index in [1.807, 2.05) is 31.2 Å². The molecule has 0 nitrogen and oxygen atoms in total. The monoisotopic (exact) mass is 368 g/mol. The van der Waals surface area contributed by atoms with E-state index in [1.54, 1.807) is 18.2 Å². The number of rotatable bonds is 3. The van der Waals surface area contributed by atoms with Crippen LogP contribution < -0.4 is 0 Å². The first-order chi connectivity index (χ1) is 13.1. The maximum absolute atomic E-state index is 14.4. The third-order valence-electron chi connectivity index (χ3n) is 6.04. The fourth-order valence-electron chi connectivity index (χ4n) is 4.40. The fraction of sp³-hybridized carbons (Fsp3) is 0.333. The topological polar surface area (TPSA) is 0 Å². The van der Waals surface area contributed by atoms with Crippen LogP contribution >= 0.6 is 0 Å². The first-order valence-corrected chi connectivity index (χ1v) is 9.72. The zero-order chi connectivity index (χ0) is 19.0. The number of benzene rings is 3. The normalized spacial score (nSPS) is 20.1. The van der Waals surface area contributed by atoms with Crippen LogP contribution in [0.4, 0.5) is 13.2 Å². The minimum absolute atomic E-state index is 0.0824. The second-order valence-corrected chi connectivity index (χ2v) is 7.60. The van der Waals surface area contributed by atoms with Crippen molar-refractivity contribution >= 4 is 10.8 Å². The standard InChI is InChI=1S/C24H23F3/c1-2-15-3-10-20(23(26)13-15)17-6-4-16(5-7-17)18-8-11-21-19(14-18)9-12-22(25)24(21)27/h3,8-14,16-17H,2,4-7H2,1H3. The predicted molar refractivity (Wildman–Crippen MR) is 104 cm³/mol. The van der Waals surface area contributed by atoms with Gasteiger partial charge in [-0.1, -0.05) is 43.3 Å². The van der Waals surface area contributed by atoms with E-state index in [4.69, 9.17) is 0 Å². The molecule has 3 aromatic carbocycles. The lowest BCUT2D eigenvalue weighted by molar-refractivity contribution is 0.387. The Hall–Kier alpha value is -2.29. The van der Waals surface area contributed by atoms with Crippen molar-refractivity contribution in [2.75, 3.05) is 0 Å². The van der Waals surface area contributed by atoms with Gasteiger partial charge in [0.15, 0.2) is 11.6 Å². The molecular weight excluding hydrogens is 345 g/mol. The van der Waals surface area contributed by atoms with Crippen LogP contribution in [0.25, 0.3) is 10.8 Å². The molecule has 3 aromatic rings. The Kier molecular flexibility index (Phi) is 4.94. The molecule has 0 radical (unpaired) electrons. The zero-order valence-electron chi connectivity index (χ0n) is 15.4. The molecule has 1 saturated carbocycles. The molecule has 3 heteroatoms. The number of hydrogen-bond acceptors (Lipinski definition) is 0. The van der Waals surface area contributed by atoms with E-state index < -0.39 is 11.6 Å². The summed E-state index contributed by atoms with van der Waals surface area (Å²) in [6, 6.07) is 14.0. The van der Waals surface area contributed by atoms with Crippen molar-refractivity contribution in [2.24, 2.45) is 0 Å². The SMILES string of the molecule is CCc1ccc(C2CCC(c3ccc4c(F)c(F)ccc4c3)CC2)c(F)c1. The first kappa shape index (κ1) is 18.1. The molecule has 1 aliphatic rings. The highest BCUT2D eigenvalue weighted by Gasteiger charge is 2.25. The van der Waals surface area contributed by atoms with Gasteiger partial charge in [0.25, 0.3) is 0 Å². The Balaban J connectivity index is 1.51. The van der Waals surface area contributed by atoms with Crippen LogP contribution in [0, 0.1) is 17.5 Å². The van der Waals surface area contributed by atoms with Crippen LogP contribution in [-0.4, -0.2) is 0 Å². The minimum atomic E-state index is -0.813. The summed E-state index contributed by atoms with van der Waals surface area (Å²) in [7, 11) is 0. The molecule has 0 amide bonds. The average Bonchev–Trinajstić information content (AvgIpc) is 2.70. The van der Waals surface area contributed by atoms with E-state index in [2.05, 4.69) is 0 Å². The van der Waals surface area contributed by atoms with Crippen molar-refractivity contribution in [3.63, 3.8) is 0 Å². The first-order valence-electron chi connectivity index (χ1n) is 9.72. The molecule has 0 saturated heterocycles. The summed E-state index contributed by atoms with van der Waals surface area (Å²) in [5.74, 6) is -1.03. The molecular formula is C24H23F3. The molecule has 0 aromatic heterocycles. The quantitative estimate of drug-likeness (QED) is 0.456. The summed E-state index contributed by atoms with van der Waals surface area (Å²) in [5, 5.41) is 1.06. The third-order valence-corrected chi connectivity index (χ3v) is 6.04.